The quantitative estimate of drug-likeness (QED) is 0.604. The largest absolute Gasteiger partial charge is 0.482 e. The minimum absolute atomic E-state index is 0.157. The number of hydrogen-bond acceptors (Lipinski definition) is 5. The predicted molar refractivity (Wildman–Crippen MR) is 97.4 cm³/mol. The molecule has 134 valence electrons. The molecule has 1 aliphatic heterocycles. The number of hydrogen-bond donors (Lipinski definition) is 0. The zero-order valence-corrected chi connectivity index (χ0v) is 15.0. The summed E-state index contributed by atoms with van der Waals surface area (Å²) in [5.74, 6) is 0.568. The molecule has 0 fully saturated rings. The summed E-state index contributed by atoms with van der Waals surface area (Å²) >= 11 is 0. The minimum Gasteiger partial charge on any atom is -0.482 e. The zero-order valence-electron chi connectivity index (χ0n) is 15.0. The lowest BCUT2D eigenvalue weighted by Gasteiger charge is -2.08. The van der Waals surface area contributed by atoms with Gasteiger partial charge in [-0.25, -0.2) is 4.79 Å². The maximum absolute atomic E-state index is 12.6. The Hall–Kier alpha value is -3.08. The van der Waals surface area contributed by atoms with Crippen molar-refractivity contribution >= 4 is 17.8 Å². The van der Waals surface area contributed by atoms with Gasteiger partial charge in [-0.3, -0.25) is 4.79 Å². The number of fused-ring (bicyclic) bond motifs is 1. The van der Waals surface area contributed by atoms with E-state index in [1.165, 1.54) is 0 Å². The third-order valence-corrected chi connectivity index (χ3v) is 3.98. The maximum atomic E-state index is 12.6. The highest BCUT2D eigenvalue weighted by Crippen LogP contribution is 2.37. The second kappa shape index (κ2) is 7.44. The summed E-state index contributed by atoms with van der Waals surface area (Å²) in [7, 11) is 0. The van der Waals surface area contributed by atoms with Gasteiger partial charge in [0.15, 0.2) is 12.4 Å². The van der Waals surface area contributed by atoms with E-state index < -0.39 is 5.97 Å². The lowest BCUT2D eigenvalue weighted by atomic mass is 10.0. The van der Waals surface area contributed by atoms with Crippen LogP contribution in [0, 0.1) is 13.8 Å². The molecule has 0 unspecified atom stereocenters. The fourth-order valence-corrected chi connectivity index (χ4v) is 2.72. The summed E-state index contributed by atoms with van der Waals surface area (Å²) in [6, 6.07) is 11.2. The summed E-state index contributed by atoms with van der Waals surface area (Å²) in [5.41, 5.74) is 3.29. The summed E-state index contributed by atoms with van der Waals surface area (Å²) in [5, 5.41) is 0. The fourth-order valence-electron chi connectivity index (χ4n) is 2.72. The molecule has 5 heteroatoms. The SMILES string of the molecule is CCOC(=O)COc1cc(C)c2c(c1)O/C(=C\c1ccc(C)cc1)C2=O. The van der Waals surface area contributed by atoms with E-state index in [1.54, 1.807) is 25.1 Å². The Bertz CT molecular complexity index is 878. The lowest BCUT2D eigenvalue weighted by Crippen LogP contribution is -2.14. The molecule has 0 atom stereocenters. The van der Waals surface area contributed by atoms with Crippen molar-refractivity contribution in [2.45, 2.75) is 20.8 Å². The van der Waals surface area contributed by atoms with Crippen molar-refractivity contribution in [1.29, 1.82) is 0 Å². The predicted octanol–water partition coefficient (Wildman–Crippen LogP) is 3.86. The molecule has 0 N–H and O–H groups in total. The molecule has 0 radical (unpaired) electrons. The van der Waals surface area contributed by atoms with Crippen LogP contribution in [-0.2, 0) is 9.53 Å². The van der Waals surface area contributed by atoms with Gasteiger partial charge >= 0.3 is 5.97 Å². The molecule has 0 spiro atoms. The van der Waals surface area contributed by atoms with Crippen molar-refractivity contribution in [3.63, 3.8) is 0 Å². The lowest BCUT2D eigenvalue weighted by molar-refractivity contribution is -0.145. The van der Waals surface area contributed by atoms with Gasteiger partial charge in [0.25, 0.3) is 0 Å². The van der Waals surface area contributed by atoms with Gasteiger partial charge in [0.05, 0.1) is 12.2 Å². The van der Waals surface area contributed by atoms with E-state index in [4.69, 9.17) is 14.2 Å². The van der Waals surface area contributed by atoms with E-state index >= 15 is 0 Å². The van der Waals surface area contributed by atoms with Gasteiger partial charge in [-0.15, -0.1) is 0 Å². The first-order valence-corrected chi connectivity index (χ1v) is 8.42. The summed E-state index contributed by atoms with van der Waals surface area (Å²) in [4.78, 5) is 24.1. The Kier molecular flexibility index (Phi) is 5.07. The highest BCUT2D eigenvalue weighted by atomic mass is 16.6. The van der Waals surface area contributed by atoms with Crippen LogP contribution in [0.5, 0.6) is 11.5 Å². The normalized spacial score (nSPS) is 14.1. The summed E-state index contributed by atoms with van der Waals surface area (Å²) in [6.07, 6.45) is 1.72. The van der Waals surface area contributed by atoms with Gasteiger partial charge in [0, 0.05) is 6.07 Å². The van der Waals surface area contributed by atoms with Gasteiger partial charge in [0.2, 0.25) is 5.78 Å². The molecule has 3 rings (SSSR count). The van der Waals surface area contributed by atoms with Crippen LogP contribution in [0.15, 0.2) is 42.2 Å². The average Bonchev–Trinajstić information content (AvgIpc) is 2.91. The topological polar surface area (TPSA) is 61.8 Å². The number of esters is 1. The van der Waals surface area contributed by atoms with Crippen molar-refractivity contribution in [2.75, 3.05) is 13.2 Å². The van der Waals surface area contributed by atoms with Crippen molar-refractivity contribution in [1.82, 2.24) is 0 Å². The highest BCUT2D eigenvalue weighted by molar-refractivity contribution is 6.15. The fraction of sp³-hybridized carbons (Fsp3) is 0.238. The number of Topliss-reactive ketones (excluding diaryl/α,β-unsaturated/α-hetero) is 1. The smallest absolute Gasteiger partial charge is 0.344 e. The van der Waals surface area contributed by atoms with Crippen molar-refractivity contribution < 1.29 is 23.8 Å². The molecule has 1 aliphatic rings. The van der Waals surface area contributed by atoms with Crippen LogP contribution < -0.4 is 9.47 Å². The highest BCUT2D eigenvalue weighted by Gasteiger charge is 2.30. The van der Waals surface area contributed by atoms with E-state index in [9.17, 15) is 9.59 Å². The summed E-state index contributed by atoms with van der Waals surface area (Å²) in [6.45, 7) is 5.67. The number of carbonyl (C=O) groups is 2. The zero-order chi connectivity index (χ0) is 18.7. The Labute approximate surface area is 152 Å². The first-order chi connectivity index (χ1) is 12.5. The molecule has 0 amide bonds. The monoisotopic (exact) mass is 352 g/mol. The molecule has 0 bridgehead atoms. The van der Waals surface area contributed by atoms with E-state index in [2.05, 4.69) is 0 Å². The van der Waals surface area contributed by atoms with Crippen LogP contribution in [-0.4, -0.2) is 25.0 Å². The van der Waals surface area contributed by atoms with E-state index in [-0.39, 0.29) is 18.1 Å². The van der Waals surface area contributed by atoms with Gasteiger partial charge < -0.3 is 14.2 Å². The van der Waals surface area contributed by atoms with Crippen LogP contribution in [0.25, 0.3) is 6.08 Å². The Morgan fingerprint density at radius 1 is 1.15 bits per heavy atom. The molecule has 0 aliphatic carbocycles. The van der Waals surface area contributed by atoms with Gasteiger partial charge in [-0.05, 0) is 44.0 Å². The van der Waals surface area contributed by atoms with Crippen molar-refractivity contribution in [3.8, 4) is 11.5 Å². The van der Waals surface area contributed by atoms with Crippen LogP contribution >= 0.6 is 0 Å². The molecule has 0 saturated carbocycles. The Morgan fingerprint density at radius 3 is 2.58 bits per heavy atom. The molecule has 0 saturated heterocycles. The number of rotatable bonds is 5. The van der Waals surface area contributed by atoms with Crippen LogP contribution in [0.4, 0.5) is 0 Å². The second-order valence-corrected chi connectivity index (χ2v) is 6.06. The molecule has 26 heavy (non-hydrogen) atoms. The molecule has 2 aromatic rings. The van der Waals surface area contributed by atoms with E-state index in [0.29, 0.717) is 23.7 Å². The van der Waals surface area contributed by atoms with Crippen LogP contribution in [0.2, 0.25) is 0 Å². The number of ketones is 1. The molecule has 1 heterocycles. The average molecular weight is 352 g/mol. The maximum Gasteiger partial charge on any atom is 0.344 e. The molecule has 0 aromatic heterocycles. The number of benzene rings is 2. The Balaban J connectivity index is 1.81. The second-order valence-electron chi connectivity index (χ2n) is 6.06. The number of carbonyl (C=O) groups excluding carboxylic acids is 2. The molecule has 5 nitrogen and oxygen atoms in total. The van der Waals surface area contributed by atoms with Gasteiger partial charge in [-0.2, -0.15) is 0 Å². The van der Waals surface area contributed by atoms with E-state index in [0.717, 1.165) is 16.7 Å². The van der Waals surface area contributed by atoms with Crippen LogP contribution in [0.1, 0.15) is 34.0 Å². The first-order valence-electron chi connectivity index (χ1n) is 8.42. The first kappa shape index (κ1) is 17.7. The van der Waals surface area contributed by atoms with Crippen LogP contribution in [0.3, 0.4) is 0 Å². The van der Waals surface area contributed by atoms with Gasteiger partial charge in [0.1, 0.15) is 11.5 Å². The minimum atomic E-state index is -0.442. The third-order valence-electron chi connectivity index (χ3n) is 3.98. The van der Waals surface area contributed by atoms with E-state index in [1.807, 2.05) is 38.1 Å². The number of aryl methyl sites for hydroxylation is 2. The third kappa shape index (κ3) is 3.77. The van der Waals surface area contributed by atoms with Crippen molar-refractivity contribution in [3.05, 3.63) is 64.4 Å². The Morgan fingerprint density at radius 2 is 1.88 bits per heavy atom. The molecule has 2 aromatic carbocycles. The molecular weight excluding hydrogens is 332 g/mol. The summed E-state index contributed by atoms with van der Waals surface area (Å²) < 4.78 is 16.0. The molecular formula is C21H20O5. The number of allylic oxidation sites excluding steroid dienone is 1. The number of ether oxygens (including phenoxy) is 3. The standard InChI is InChI=1S/C21H20O5/c1-4-24-19(22)12-25-16-9-14(3)20-17(11-16)26-18(21(20)23)10-15-7-5-13(2)6-8-15/h5-11H,4,12H2,1-3H3/b18-10-. The van der Waals surface area contributed by atoms with Crippen molar-refractivity contribution in [2.24, 2.45) is 0 Å². The van der Waals surface area contributed by atoms with Gasteiger partial charge in [-0.1, -0.05) is 29.8 Å².